The first-order chi connectivity index (χ1) is 16.3. The van der Waals surface area contributed by atoms with Crippen LogP contribution in [0.25, 0.3) is 5.95 Å². The topological polar surface area (TPSA) is 76.8 Å². The van der Waals surface area contributed by atoms with Crippen LogP contribution in [0.15, 0.2) is 41.4 Å². The Hall–Kier alpha value is -3.03. The van der Waals surface area contributed by atoms with Crippen molar-refractivity contribution in [2.45, 2.75) is 38.2 Å². The SMILES string of the molecule is CC(c1ncnn1-c1ncc(Br)cn1)N(CC1CC1)C(=O)c1cc(C(F)(F)F)cc(C(F)(F)F)c1. The van der Waals surface area contributed by atoms with E-state index in [2.05, 4.69) is 36.0 Å². The van der Waals surface area contributed by atoms with Crippen LogP contribution in [0.3, 0.4) is 0 Å². The molecule has 3 aromatic rings. The first-order valence-corrected chi connectivity index (χ1v) is 11.1. The summed E-state index contributed by atoms with van der Waals surface area (Å²) < 4.78 is 81.9. The number of benzene rings is 1. The Labute approximate surface area is 203 Å². The normalized spacial score (nSPS) is 15.2. The van der Waals surface area contributed by atoms with Gasteiger partial charge in [0.2, 0.25) is 0 Å². The van der Waals surface area contributed by atoms with E-state index in [4.69, 9.17) is 0 Å². The van der Waals surface area contributed by atoms with Crippen LogP contribution in [0, 0.1) is 5.92 Å². The van der Waals surface area contributed by atoms with Crippen molar-refractivity contribution in [3.8, 4) is 5.95 Å². The van der Waals surface area contributed by atoms with Gasteiger partial charge in [0.15, 0.2) is 5.82 Å². The van der Waals surface area contributed by atoms with E-state index in [0.717, 1.165) is 12.8 Å². The Bertz CT molecular complexity index is 1190. The quantitative estimate of drug-likeness (QED) is 0.372. The van der Waals surface area contributed by atoms with Crippen molar-refractivity contribution in [2.24, 2.45) is 5.92 Å². The van der Waals surface area contributed by atoms with E-state index in [9.17, 15) is 31.1 Å². The summed E-state index contributed by atoms with van der Waals surface area (Å²) in [6.07, 6.45) is -4.43. The molecule has 0 N–H and O–H groups in total. The molecule has 0 spiro atoms. The summed E-state index contributed by atoms with van der Waals surface area (Å²) in [5, 5.41) is 4.07. The maximum absolute atomic E-state index is 13.4. The predicted octanol–water partition coefficient (Wildman–Crippen LogP) is 5.47. The fourth-order valence-electron chi connectivity index (χ4n) is 3.48. The van der Waals surface area contributed by atoms with Gasteiger partial charge in [-0.05, 0) is 59.8 Å². The largest absolute Gasteiger partial charge is 0.416 e. The highest BCUT2D eigenvalue weighted by Crippen LogP contribution is 2.38. The monoisotopic (exact) mass is 562 g/mol. The maximum atomic E-state index is 13.4. The molecule has 0 bridgehead atoms. The highest BCUT2D eigenvalue weighted by molar-refractivity contribution is 9.10. The minimum absolute atomic E-state index is 0.00700. The molecule has 1 fully saturated rings. The lowest BCUT2D eigenvalue weighted by molar-refractivity contribution is -0.143. The molecule has 1 saturated carbocycles. The Morgan fingerprint density at radius 3 is 2.14 bits per heavy atom. The minimum Gasteiger partial charge on any atom is -0.328 e. The highest BCUT2D eigenvalue weighted by Gasteiger charge is 2.39. The second-order valence-electron chi connectivity index (χ2n) is 8.10. The zero-order valence-corrected chi connectivity index (χ0v) is 19.6. The average molecular weight is 563 g/mol. The smallest absolute Gasteiger partial charge is 0.328 e. The lowest BCUT2D eigenvalue weighted by atomic mass is 10.0. The number of carbonyl (C=O) groups is 1. The van der Waals surface area contributed by atoms with Crippen LogP contribution in [0.5, 0.6) is 0 Å². The van der Waals surface area contributed by atoms with E-state index in [0.29, 0.717) is 16.6 Å². The van der Waals surface area contributed by atoms with Gasteiger partial charge in [-0.25, -0.2) is 15.0 Å². The fourth-order valence-corrected chi connectivity index (χ4v) is 3.69. The maximum Gasteiger partial charge on any atom is 0.416 e. The molecule has 186 valence electrons. The molecule has 1 aliphatic rings. The van der Waals surface area contributed by atoms with E-state index in [1.54, 1.807) is 6.92 Å². The van der Waals surface area contributed by atoms with Crippen LogP contribution in [0.2, 0.25) is 0 Å². The zero-order valence-electron chi connectivity index (χ0n) is 18.0. The number of rotatable bonds is 6. The number of nitrogens with zero attached hydrogens (tertiary/aromatic N) is 6. The van der Waals surface area contributed by atoms with Gasteiger partial charge in [0.25, 0.3) is 11.9 Å². The first-order valence-electron chi connectivity index (χ1n) is 10.3. The van der Waals surface area contributed by atoms with Gasteiger partial charge in [0, 0.05) is 24.5 Å². The molecule has 35 heavy (non-hydrogen) atoms. The Balaban J connectivity index is 1.74. The summed E-state index contributed by atoms with van der Waals surface area (Å²) in [5.41, 5.74) is -3.83. The van der Waals surface area contributed by atoms with Gasteiger partial charge in [-0.1, -0.05) is 0 Å². The first kappa shape index (κ1) is 25.1. The standard InChI is InChI=1S/C21H17BrF6N6O/c1-11(17-31-10-32-34(17)19-29-7-16(22)8-30-19)33(9-12-2-3-12)18(35)13-4-14(20(23,24)25)6-15(5-13)21(26,27)28/h4-8,10-12H,2-3,9H2,1H3. The molecule has 7 nitrogen and oxygen atoms in total. The number of amides is 1. The van der Waals surface area contributed by atoms with E-state index < -0.39 is 41.0 Å². The second kappa shape index (κ2) is 9.21. The third-order valence-electron chi connectivity index (χ3n) is 5.46. The summed E-state index contributed by atoms with van der Waals surface area (Å²) in [6, 6.07) is 0.00799. The molecule has 1 atom stereocenters. The van der Waals surface area contributed by atoms with E-state index in [1.807, 2.05) is 0 Å². The zero-order chi connectivity index (χ0) is 25.5. The van der Waals surface area contributed by atoms with Gasteiger partial charge in [-0.15, -0.1) is 0 Å². The van der Waals surface area contributed by atoms with Gasteiger partial charge in [-0.3, -0.25) is 4.79 Å². The van der Waals surface area contributed by atoms with Crippen molar-refractivity contribution >= 4 is 21.8 Å². The number of carbonyl (C=O) groups excluding carboxylic acids is 1. The van der Waals surface area contributed by atoms with Gasteiger partial charge in [-0.2, -0.15) is 36.1 Å². The van der Waals surface area contributed by atoms with Crippen molar-refractivity contribution in [3.63, 3.8) is 0 Å². The van der Waals surface area contributed by atoms with Crippen molar-refractivity contribution in [2.75, 3.05) is 6.54 Å². The lowest BCUT2D eigenvalue weighted by Crippen LogP contribution is -2.37. The van der Waals surface area contributed by atoms with Gasteiger partial charge >= 0.3 is 12.4 Å². The Morgan fingerprint density at radius 2 is 1.63 bits per heavy atom. The summed E-state index contributed by atoms with van der Waals surface area (Å²) in [7, 11) is 0. The van der Waals surface area contributed by atoms with Crippen molar-refractivity contribution < 1.29 is 31.1 Å². The summed E-state index contributed by atoms with van der Waals surface area (Å²) >= 11 is 3.21. The molecule has 1 unspecified atom stereocenters. The van der Waals surface area contributed by atoms with Gasteiger partial charge in [0.05, 0.1) is 21.6 Å². The Morgan fingerprint density at radius 1 is 1.06 bits per heavy atom. The number of hydrogen-bond acceptors (Lipinski definition) is 5. The molecule has 0 saturated heterocycles. The van der Waals surface area contributed by atoms with Crippen LogP contribution in [0.1, 0.15) is 53.1 Å². The number of alkyl halides is 6. The predicted molar refractivity (Wildman–Crippen MR) is 113 cm³/mol. The molecular formula is C21H17BrF6N6O. The minimum atomic E-state index is -5.07. The molecule has 0 aliphatic heterocycles. The number of aromatic nitrogens is 5. The molecule has 1 aliphatic carbocycles. The van der Waals surface area contributed by atoms with Crippen molar-refractivity contribution in [1.29, 1.82) is 0 Å². The average Bonchev–Trinajstić information content (AvgIpc) is 3.48. The highest BCUT2D eigenvalue weighted by atomic mass is 79.9. The third kappa shape index (κ3) is 5.63. The number of hydrogen-bond donors (Lipinski definition) is 0. The lowest BCUT2D eigenvalue weighted by Gasteiger charge is -2.29. The van der Waals surface area contributed by atoms with Gasteiger partial charge < -0.3 is 4.90 Å². The van der Waals surface area contributed by atoms with Crippen LogP contribution >= 0.6 is 15.9 Å². The molecule has 2 heterocycles. The van der Waals surface area contributed by atoms with Crippen LogP contribution < -0.4 is 0 Å². The summed E-state index contributed by atoms with van der Waals surface area (Å²) in [5.74, 6) is -0.573. The van der Waals surface area contributed by atoms with Crippen LogP contribution in [0.4, 0.5) is 26.3 Å². The fraction of sp³-hybridized carbons (Fsp3) is 0.381. The third-order valence-corrected chi connectivity index (χ3v) is 5.87. The molecule has 1 amide bonds. The van der Waals surface area contributed by atoms with E-state index >= 15 is 0 Å². The van der Waals surface area contributed by atoms with Crippen molar-refractivity contribution in [3.05, 3.63) is 63.9 Å². The molecule has 2 aromatic heterocycles. The molecule has 1 aromatic carbocycles. The van der Waals surface area contributed by atoms with Crippen molar-refractivity contribution in [1.82, 2.24) is 29.6 Å². The molecule has 0 radical (unpaired) electrons. The van der Waals surface area contributed by atoms with Crippen LogP contribution in [-0.4, -0.2) is 42.1 Å². The Kier molecular flexibility index (Phi) is 6.60. The molecular weight excluding hydrogens is 546 g/mol. The molecule has 4 rings (SSSR count). The second-order valence-corrected chi connectivity index (χ2v) is 9.02. The van der Waals surface area contributed by atoms with Crippen LogP contribution in [-0.2, 0) is 12.4 Å². The summed E-state index contributed by atoms with van der Waals surface area (Å²) in [4.78, 5) is 27.0. The number of halogens is 7. The van der Waals surface area contributed by atoms with E-state index in [-0.39, 0.29) is 30.3 Å². The molecule has 14 heteroatoms. The van der Waals surface area contributed by atoms with E-state index in [1.165, 1.54) is 28.3 Å². The van der Waals surface area contributed by atoms with Gasteiger partial charge in [0.1, 0.15) is 6.33 Å². The summed E-state index contributed by atoms with van der Waals surface area (Å²) in [6.45, 7) is 1.70.